The third-order valence-electron chi connectivity index (χ3n) is 3.64. The Labute approximate surface area is 162 Å². The fourth-order valence-corrected chi connectivity index (χ4v) is 4.92. The molecule has 1 aliphatic rings. The van der Waals surface area contributed by atoms with Gasteiger partial charge in [-0.05, 0) is 49.1 Å². The Morgan fingerprint density at radius 2 is 1.69 bits per heavy atom. The zero-order chi connectivity index (χ0) is 18.2. The maximum absolute atomic E-state index is 11.7. The van der Waals surface area contributed by atoms with Crippen LogP contribution in [-0.4, -0.2) is 24.1 Å². The average molecular weight is 385 g/mol. The van der Waals surface area contributed by atoms with Crippen molar-refractivity contribution in [1.82, 2.24) is 0 Å². The van der Waals surface area contributed by atoms with E-state index < -0.39 is 0 Å². The van der Waals surface area contributed by atoms with Crippen LogP contribution in [0, 0.1) is 0 Å². The largest absolute Gasteiger partial charge is 0.462 e. The lowest BCUT2D eigenvalue weighted by molar-refractivity contribution is 0.0526. The average Bonchev–Trinajstić information content (AvgIpc) is 2.70. The minimum atomic E-state index is -0.321. The van der Waals surface area contributed by atoms with Gasteiger partial charge in [-0.15, -0.1) is 28.6 Å². The number of thioether (sulfide) groups is 2. The van der Waals surface area contributed by atoms with Gasteiger partial charge in [0.2, 0.25) is 0 Å². The number of ether oxygens (including phenoxy) is 1. The molecule has 26 heavy (non-hydrogen) atoms. The monoisotopic (exact) mass is 384 g/mol. The Kier molecular flexibility index (Phi) is 6.91. The number of rotatable bonds is 5. The molecule has 1 aliphatic heterocycles. The molecule has 0 spiro atoms. The number of hydrogen-bond donors (Lipinski definition) is 0. The first kappa shape index (κ1) is 18.7. The fourth-order valence-electron chi connectivity index (χ4n) is 2.37. The Morgan fingerprint density at radius 1 is 1.00 bits per heavy atom. The van der Waals surface area contributed by atoms with Crippen molar-refractivity contribution in [2.45, 2.75) is 13.3 Å². The third kappa shape index (κ3) is 4.99. The second-order valence-corrected chi connectivity index (χ2v) is 7.99. The smallest absolute Gasteiger partial charge is 0.338 e. The molecule has 4 nitrogen and oxygen atoms in total. The fraction of sp³-hybridized carbons (Fsp3) is 0.250. The van der Waals surface area contributed by atoms with Gasteiger partial charge in [0.1, 0.15) is 5.70 Å². The number of esters is 1. The maximum atomic E-state index is 11.7. The highest BCUT2D eigenvalue weighted by atomic mass is 32.2. The van der Waals surface area contributed by atoms with Gasteiger partial charge in [0.25, 0.3) is 0 Å². The van der Waals surface area contributed by atoms with Crippen LogP contribution < -0.4 is 0 Å². The molecule has 0 amide bonds. The minimum Gasteiger partial charge on any atom is -0.462 e. The van der Waals surface area contributed by atoms with Crippen LogP contribution in [0.15, 0.2) is 69.1 Å². The summed E-state index contributed by atoms with van der Waals surface area (Å²) in [4.78, 5) is 11.7. The molecule has 3 rings (SSSR count). The van der Waals surface area contributed by atoms with Crippen molar-refractivity contribution < 1.29 is 9.53 Å². The summed E-state index contributed by atoms with van der Waals surface area (Å²) in [6.45, 7) is 2.16. The Hall–Kier alpha value is -2.05. The molecule has 1 heterocycles. The summed E-state index contributed by atoms with van der Waals surface area (Å²) < 4.78 is 6.21. The van der Waals surface area contributed by atoms with E-state index in [1.165, 1.54) is 10.7 Å². The van der Waals surface area contributed by atoms with Gasteiger partial charge in [0.15, 0.2) is 0 Å². The normalized spacial score (nSPS) is 14.4. The zero-order valence-corrected chi connectivity index (χ0v) is 16.2. The standard InChI is InChI=1S/C20H20N2O2S2/c1-2-24-19(23)16-9-11-17(12-10-16)21-22-18(15-7-4-3-5-8-15)20-25-13-6-14-26-20/h3-5,7-12H,2,6,13-14H2,1H3. The molecule has 1 saturated heterocycles. The van der Waals surface area contributed by atoms with E-state index in [0.717, 1.165) is 22.8 Å². The first-order valence-corrected chi connectivity index (χ1v) is 10.5. The van der Waals surface area contributed by atoms with E-state index in [1.807, 2.05) is 41.7 Å². The highest BCUT2D eigenvalue weighted by molar-refractivity contribution is 8.23. The first-order chi connectivity index (χ1) is 12.8. The summed E-state index contributed by atoms with van der Waals surface area (Å²) in [5.74, 6) is 1.91. The van der Waals surface area contributed by atoms with E-state index in [4.69, 9.17) is 4.74 Å². The van der Waals surface area contributed by atoms with Crippen molar-refractivity contribution in [3.8, 4) is 0 Å². The highest BCUT2D eigenvalue weighted by Gasteiger charge is 2.14. The lowest BCUT2D eigenvalue weighted by Crippen LogP contribution is -2.03. The van der Waals surface area contributed by atoms with Crippen LogP contribution in [0.2, 0.25) is 0 Å². The Morgan fingerprint density at radius 3 is 2.35 bits per heavy atom. The van der Waals surface area contributed by atoms with E-state index >= 15 is 0 Å². The lowest BCUT2D eigenvalue weighted by atomic mass is 10.2. The van der Waals surface area contributed by atoms with Gasteiger partial charge < -0.3 is 4.74 Å². The van der Waals surface area contributed by atoms with Crippen LogP contribution in [0.25, 0.3) is 5.70 Å². The molecule has 0 radical (unpaired) electrons. The first-order valence-electron chi connectivity index (χ1n) is 8.52. The SMILES string of the molecule is CCOC(=O)c1ccc(N=NC(=C2SCCCS2)c2ccccc2)cc1. The van der Waals surface area contributed by atoms with Gasteiger partial charge in [-0.2, -0.15) is 5.11 Å². The van der Waals surface area contributed by atoms with Gasteiger partial charge in [-0.25, -0.2) is 4.79 Å². The molecule has 2 aromatic rings. The molecular formula is C20H20N2O2S2. The second kappa shape index (κ2) is 9.59. The van der Waals surface area contributed by atoms with Crippen LogP contribution in [0.3, 0.4) is 0 Å². The van der Waals surface area contributed by atoms with Crippen molar-refractivity contribution in [3.05, 3.63) is 70.0 Å². The maximum Gasteiger partial charge on any atom is 0.338 e. The zero-order valence-electron chi connectivity index (χ0n) is 14.6. The van der Waals surface area contributed by atoms with Crippen LogP contribution in [0.5, 0.6) is 0 Å². The quantitative estimate of drug-likeness (QED) is 0.459. The van der Waals surface area contributed by atoms with E-state index in [2.05, 4.69) is 22.4 Å². The number of nitrogens with zero attached hydrogens (tertiary/aromatic N) is 2. The van der Waals surface area contributed by atoms with Crippen molar-refractivity contribution in [2.75, 3.05) is 18.1 Å². The predicted octanol–water partition coefficient (Wildman–Crippen LogP) is 6.14. The molecule has 0 aromatic heterocycles. The molecule has 6 heteroatoms. The summed E-state index contributed by atoms with van der Waals surface area (Å²) >= 11 is 3.68. The summed E-state index contributed by atoms with van der Waals surface area (Å²) in [5, 5.41) is 8.94. The van der Waals surface area contributed by atoms with Gasteiger partial charge >= 0.3 is 5.97 Å². The summed E-state index contributed by atoms with van der Waals surface area (Å²) in [5.41, 5.74) is 3.20. The topological polar surface area (TPSA) is 51.0 Å². The number of hydrogen-bond acceptors (Lipinski definition) is 6. The van der Waals surface area contributed by atoms with Crippen LogP contribution in [0.4, 0.5) is 5.69 Å². The van der Waals surface area contributed by atoms with Crippen LogP contribution in [0.1, 0.15) is 29.3 Å². The van der Waals surface area contributed by atoms with E-state index in [9.17, 15) is 4.79 Å². The van der Waals surface area contributed by atoms with Gasteiger partial charge in [-0.3, -0.25) is 0 Å². The van der Waals surface area contributed by atoms with E-state index in [-0.39, 0.29) is 5.97 Å². The van der Waals surface area contributed by atoms with E-state index in [1.54, 1.807) is 31.2 Å². The Bertz CT molecular complexity index is 794. The number of carbonyl (C=O) groups is 1. The van der Waals surface area contributed by atoms with Gasteiger partial charge in [0, 0.05) is 5.56 Å². The predicted molar refractivity (Wildman–Crippen MR) is 110 cm³/mol. The Balaban J connectivity index is 1.84. The number of azo groups is 1. The second-order valence-electron chi connectivity index (χ2n) is 5.52. The molecule has 0 atom stereocenters. The number of benzene rings is 2. The van der Waals surface area contributed by atoms with Crippen molar-refractivity contribution in [2.24, 2.45) is 10.2 Å². The molecule has 0 N–H and O–H groups in total. The van der Waals surface area contributed by atoms with Crippen molar-refractivity contribution in [3.63, 3.8) is 0 Å². The van der Waals surface area contributed by atoms with E-state index in [0.29, 0.717) is 17.9 Å². The molecule has 1 fully saturated rings. The van der Waals surface area contributed by atoms with Crippen LogP contribution >= 0.6 is 23.5 Å². The molecule has 0 unspecified atom stereocenters. The minimum absolute atomic E-state index is 0.321. The van der Waals surface area contributed by atoms with Crippen LogP contribution in [-0.2, 0) is 4.74 Å². The molecule has 134 valence electrons. The highest BCUT2D eigenvalue weighted by Crippen LogP contribution is 2.41. The van der Waals surface area contributed by atoms with Gasteiger partial charge in [0.05, 0.1) is 22.1 Å². The molecular weight excluding hydrogens is 364 g/mol. The molecule has 2 aromatic carbocycles. The summed E-state index contributed by atoms with van der Waals surface area (Å²) in [6.07, 6.45) is 1.22. The van der Waals surface area contributed by atoms with Crippen molar-refractivity contribution in [1.29, 1.82) is 0 Å². The van der Waals surface area contributed by atoms with Gasteiger partial charge in [-0.1, -0.05) is 30.3 Å². The molecule has 0 bridgehead atoms. The molecule has 0 aliphatic carbocycles. The lowest BCUT2D eigenvalue weighted by Gasteiger charge is -2.15. The summed E-state index contributed by atoms with van der Waals surface area (Å²) in [7, 11) is 0. The summed E-state index contributed by atoms with van der Waals surface area (Å²) in [6, 6.07) is 17.1. The van der Waals surface area contributed by atoms with Crippen molar-refractivity contribution >= 4 is 40.9 Å². The third-order valence-corrected chi connectivity index (χ3v) is 6.24. The number of carbonyl (C=O) groups excluding carboxylic acids is 1. The molecule has 0 saturated carbocycles.